The van der Waals surface area contributed by atoms with Gasteiger partial charge in [-0.2, -0.15) is 0 Å². The molecule has 0 atom stereocenters. The number of halogens is 3. The van der Waals surface area contributed by atoms with E-state index >= 15 is 0 Å². The zero-order valence-electron chi connectivity index (χ0n) is 21.0. The topological polar surface area (TPSA) is 108 Å². The molecule has 0 aliphatic carbocycles. The molecule has 0 amide bonds. The molecule has 0 aliphatic heterocycles. The van der Waals surface area contributed by atoms with E-state index in [4.69, 9.17) is 50.0 Å². The number of hydrogen-bond donors (Lipinski definition) is 2. The molecule has 0 fully saturated rings. The molecule has 0 bridgehead atoms. The molecule has 196 valence electrons. The maximum atomic E-state index is 5.86. The van der Waals surface area contributed by atoms with Crippen LogP contribution >= 0.6 is 34.8 Å². The first kappa shape index (κ1) is 30.1. The minimum Gasteiger partial charge on any atom is -0.497 e. The molecular formula is C26H29Cl3N6O2. The van der Waals surface area contributed by atoms with E-state index in [9.17, 15) is 0 Å². The third-order valence-corrected chi connectivity index (χ3v) is 5.19. The first-order valence-corrected chi connectivity index (χ1v) is 12.2. The Hall–Kier alpha value is -3.17. The molecule has 11 heteroatoms. The van der Waals surface area contributed by atoms with Crippen molar-refractivity contribution in [2.45, 2.75) is 26.9 Å². The van der Waals surface area contributed by atoms with E-state index in [2.05, 4.69) is 25.3 Å². The molecular weight excluding hydrogens is 535 g/mol. The van der Waals surface area contributed by atoms with Gasteiger partial charge in [0.05, 0.1) is 14.2 Å². The number of rotatable bonds is 6. The Kier molecular flexibility index (Phi) is 12.9. The van der Waals surface area contributed by atoms with E-state index in [-0.39, 0.29) is 0 Å². The summed E-state index contributed by atoms with van der Waals surface area (Å²) in [5.74, 6) is 3.69. The average Bonchev–Trinajstić information content (AvgIpc) is 2.87. The quantitative estimate of drug-likeness (QED) is 0.263. The van der Waals surface area contributed by atoms with Crippen molar-refractivity contribution in [3.63, 3.8) is 0 Å². The number of ether oxygens (including phenoxy) is 2. The summed E-state index contributed by atoms with van der Waals surface area (Å²) in [5, 5.41) is 4.41. The summed E-state index contributed by atoms with van der Waals surface area (Å²) >= 11 is 16.9. The zero-order valence-corrected chi connectivity index (χ0v) is 23.3. The summed E-state index contributed by atoms with van der Waals surface area (Å²) in [6, 6.07) is 18.8. The SMILES string of the molecule is COc1ccc(CN)cc1.COc1ccc(CNc2cc(Cl)nc(C)n2)cc1.Cc1nc(Cl)cc(Cl)n1. The Morgan fingerprint density at radius 1 is 0.676 bits per heavy atom. The largest absolute Gasteiger partial charge is 0.497 e. The molecule has 0 radical (unpaired) electrons. The van der Waals surface area contributed by atoms with Crippen LogP contribution in [0.1, 0.15) is 22.8 Å². The van der Waals surface area contributed by atoms with Crippen LogP contribution in [0.2, 0.25) is 15.5 Å². The molecule has 0 spiro atoms. The highest BCUT2D eigenvalue weighted by atomic mass is 35.5. The molecule has 0 saturated carbocycles. The summed E-state index contributed by atoms with van der Waals surface area (Å²) in [4.78, 5) is 15.9. The number of aromatic nitrogens is 4. The predicted octanol–water partition coefficient (Wildman–Crippen LogP) is 6.30. The van der Waals surface area contributed by atoms with E-state index < -0.39 is 0 Å². The fourth-order valence-corrected chi connectivity index (χ4v) is 3.55. The van der Waals surface area contributed by atoms with Crippen molar-refractivity contribution in [2.24, 2.45) is 5.73 Å². The van der Waals surface area contributed by atoms with Crippen molar-refractivity contribution in [1.29, 1.82) is 0 Å². The first-order chi connectivity index (χ1) is 17.7. The van der Waals surface area contributed by atoms with Crippen molar-refractivity contribution in [3.8, 4) is 11.5 Å². The number of methoxy groups -OCH3 is 2. The number of benzene rings is 2. The van der Waals surface area contributed by atoms with Crippen LogP contribution in [0.25, 0.3) is 0 Å². The normalized spacial score (nSPS) is 9.84. The minimum absolute atomic E-state index is 0.382. The molecule has 8 nitrogen and oxygen atoms in total. The van der Waals surface area contributed by atoms with Gasteiger partial charge in [0.15, 0.2) is 0 Å². The lowest BCUT2D eigenvalue weighted by atomic mass is 10.2. The van der Waals surface area contributed by atoms with E-state index in [1.807, 2.05) is 55.5 Å². The number of anilines is 1. The van der Waals surface area contributed by atoms with Gasteiger partial charge in [0.25, 0.3) is 0 Å². The van der Waals surface area contributed by atoms with Gasteiger partial charge in [0.1, 0.15) is 44.4 Å². The van der Waals surface area contributed by atoms with Crippen LogP contribution in [0, 0.1) is 13.8 Å². The minimum atomic E-state index is 0.382. The third kappa shape index (κ3) is 11.6. The second-order valence-corrected chi connectivity index (χ2v) is 8.60. The van der Waals surface area contributed by atoms with Crippen LogP contribution in [-0.4, -0.2) is 34.2 Å². The van der Waals surface area contributed by atoms with Gasteiger partial charge in [-0.3, -0.25) is 0 Å². The highest BCUT2D eigenvalue weighted by molar-refractivity contribution is 6.33. The maximum absolute atomic E-state index is 5.86. The van der Waals surface area contributed by atoms with Gasteiger partial charge in [0.2, 0.25) is 0 Å². The molecule has 3 N–H and O–H groups in total. The Morgan fingerprint density at radius 2 is 1.11 bits per heavy atom. The molecule has 2 aromatic carbocycles. The van der Waals surface area contributed by atoms with Crippen molar-refractivity contribution in [3.05, 3.63) is 98.9 Å². The van der Waals surface area contributed by atoms with Crippen LogP contribution in [0.3, 0.4) is 0 Å². The fourth-order valence-electron chi connectivity index (χ4n) is 2.82. The summed E-state index contributed by atoms with van der Waals surface area (Å²) in [6.45, 7) is 4.81. The first-order valence-electron chi connectivity index (χ1n) is 11.1. The lowest BCUT2D eigenvalue weighted by molar-refractivity contribution is 0.414. The Balaban J connectivity index is 0.000000214. The molecule has 4 rings (SSSR count). The molecule has 2 aromatic heterocycles. The molecule has 37 heavy (non-hydrogen) atoms. The Labute approximate surface area is 232 Å². The Morgan fingerprint density at radius 3 is 1.51 bits per heavy atom. The number of nitrogens with zero attached hydrogens (tertiary/aromatic N) is 4. The van der Waals surface area contributed by atoms with Gasteiger partial charge in [-0.25, -0.2) is 19.9 Å². The smallest absolute Gasteiger partial charge is 0.134 e. The monoisotopic (exact) mass is 562 g/mol. The van der Waals surface area contributed by atoms with E-state index in [1.54, 1.807) is 27.2 Å². The number of nitrogens with two attached hydrogens (primary N) is 1. The fraction of sp³-hybridized carbons (Fsp3) is 0.231. The molecule has 0 aliphatic rings. The van der Waals surface area contributed by atoms with Gasteiger partial charge >= 0.3 is 0 Å². The summed E-state index contributed by atoms with van der Waals surface area (Å²) in [6.07, 6.45) is 0. The van der Waals surface area contributed by atoms with Crippen molar-refractivity contribution < 1.29 is 9.47 Å². The second-order valence-electron chi connectivity index (χ2n) is 7.44. The van der Waals surface area contributed by atoms with E-state index in [0.717, 1.165) is 28.4 Å². The highest BCUT2D eigenvalue weighted by Crippen LogP contribution is 2.15. The van der Waals surface area contributed by atoms with Crippen LogP contribution in [0.15, 0.2) is 60.7 Å². The van der Waals surface area contributed by atoms with Crippen LogP contribution in [-0.2, 0) is 13.1 Å². The van der Waals surface area contributed by atoms with Gasteiger partial charge in [-0.15, -0.1) is 0 Å². The summed E-state index contributed by atoms with van der Waals surface area (Å²) in [5.41, 5.74) is 7.67. The van der Waals surface area contributed by atoms with Gasteiger partial charge in [-0.05, 0) is 49.2 Å². The molecule has 4 aromatic rings. The number of nitrogens with one attached hydrogen (secondary N) is 1. The highest BCUT2D eigenvalue weighted by Gasteiger charge is 2.00. The van der Waals surface area contributed by atoms with E-state index in [0.29, 0.717) is 40.2 Å². The van der Waals surface area contributed by atoms with E-state index in [1.165, 1.54) is 6.07 Å². The van der Waals surface area contributed by atoms with Crippen LogP contribution < -0.4 is 20.5 Å². The lowest BCUT2D eigenvalue weighted by Crippen LogP contribution is -2.03. The molecule has 0 saturated heterocycles. The summed E-state index contributed by atoms with van der Waals surface area (Å²) in [7, 11) is 3.30. The Bertz CT molecular complexity index is 1150. The van der Waals surface area contributed by atoms with Crippen LogP contribution in [0.5, 0.6) is 11.5 Å². The average molecular weight is 564 g/mol. The summed E-state index contributed by atoms with van der Waals surface area (Å²) < 4.78 is 10.1. The van der Waals surface area contributed by atoms with Crippen molar-refractivity contribution in [2.75, 3.05) is 19.5 Å². The van der Waals surface area contributed by atoms with Gasteiger partial charge in [-0.1, -0.05) is 59.1 Å². The number of hydrogen-bond acceptors (Lipinski definition) is 8. The lowest BCUT2D eigenvalue weighted by Gasteiger charge is -2.07. The molecule has 0 unspecified atom stereocenters. The standard InChI is InChI=1S/C13H14ClN3O.C8H11NO.C5H4Cl2N2/c1-9-16-12(14)7-13(17-9)15-8-10-3-5-11(18-2)6-4-10;1-10-8-4-2-7(6-9)3-5-8;1-3-8-4(6)2-5(7)9-3/h3-7H,8H2,1-2H3,(H,15,16,17);2-5H,6,9H2,1H3;2H,1H3. The van der Waals surface area contributed by atoms with Gasteiger partial charge < -0.3 is 20.5 Å². The van der Waals surface area contributed by atoms with Gasteiger partial charge in [0, 0.05) is 25.2 Å². The van der Waals surface area contributed by atoms with Crippen molar-refractivity contribution >= 4 is 40.6 Å². The zero-order chi connectivity index (χ0) is 27.2. The number of aryl methyl sites for hydroxylation is 2. The predicted molar refractivity (Wildman–Crippen MR) is 150 cm³/mol. The second kappa shape index (κ2) is 15.8. The third-order valence-electron chi connectivity index (χ3n) is 4.61. The van der Waals surface area contributed by atoms with Crippen LogP contribution in [0.4, 0.5) is 5.82 Å². The molecule has 2 heterocycles. The maximum Gasteiger partial charge on any atom is 0.134 e. The van der Waals surface area contributed by atoms with Crippen molar-refractivity contribution in [1.82, 2.24) is 19.9 Å².